The molecule has 0 aliphatic heterocycles. The molecule has 11 rings (SSSR count). The van der Waals surface area contributed by atoms with Gasteiger partial charge in [-0.3, -0.25) is 0 Å². The molecule has 0 saturated heterocycles. The first-order chi connectivity index (χ1) is 30.7. The Kier molecular flexibility index (Phi) is 9.37. The van der Waals surface area contributed by atoms with Crippen molar-refractivity contribution in [1.29, 1.82) is 0 Å². The van der Waals surface area contributed by atoms with Crippen molar-refractivity contribution in [3.05, 3.63) is 212 Å². The number of hydrogen-bond donors (Lipinski definition) is 0. The molecule has 0 unspecified atom stereocenters. The highest BCUT2D eigenvalue weighted by Crippen LogP contribution is 2.35. The third kappa shape index (κ3) is 7.14. The third-order valence-electron chi connectivity index (χ3n) is 10.9. The van der Waals surface area contributed by atoms with E-state index in [1.54, 1.807) is 0 Å². The summed E-state index contributed by atoms with van der Waals surface area (Å²) in [6.07, 6.45) is 0. The summed E-state index contributed by atoms with van der Waals surface area (Å²) in [6, 6.07) is 71.9. The van der Waals surface area contributed by atoms with Crippen molar-refractivity contribution in [3.63, 3.8) is 0 Å². The van der Waals surface area contributed by atoms with Crippen molar-refractivity contribution in [3.8, 4) is 90.7 Å². The molecule has 0 fully saturated rings. The van der Waals surface area contributed by atoms with Crippen molar-refractivity contribution >= 4 is 21.7 Å². The summed E-state index contributed by atoms with van der Waals surface area (Å²) >= 11 is 0. The van der Waals surface area contributed by atoms with Crippen LogP contribution >= 0.6 is 0 Å². The predicted octanol–water partition coefficient (Wildman–Crippen LogP) is 13.1. The fourth-order valence-electron chi connectivity index (χ4n) is 7.87. The minimum absolute atomic E-state index is 0.389. The van der Waals surface area contributed by atoms with Crippen LogP contribution in [0.1, 0.15) is 0 Å². The van der Waals surface area contributed by atoms with E-state index in [9.17, 15) is 0 Å². The molecule has 0 aliphatic carbocycles. The monoisotopic (exact) mass is 793 g/mol. The van der Waals surface area contributed by atoms with Crippen molar-refractivity contribution in [2.45, 2.75) is 0 Å². The molecule has 0 atom stereocenters. The van der Waals surface area contributed by atoms with Gasteiger partial charge in [0.25, 0.3) is 0 Å². The van der Waals surface area contributed by atoms with Crippen LogP contribution < -0.4 is 0 Å². The summed E-state index contributed by atoms with van der Waals surface area (Å²) in [4.78, 5) is 35.7. The Morgan fingerprint density at radius 1 is 0.226 bits per heavy atom. The van der Waals surface area contributed by atoms with E-state index in [0.29, 0.717) is 29.1 Å². The van der Waals surface area contributed by atoms with Gasteiger partial charge in [0, 0.05) is 44.2 Å². The maximum absolute atomic E-state index is 5.21. The summed E-state index contributed by atoms with van der Waals surface area (Å²) in [7, 11) is 0. The molecule has 0 spiro atoms. The molecule has 11 aromatic rings. The first-order valence-electron chi connectivity index (χ1n) is 20.5. The lowest BCUT2D eigenvalue weighted by Gasteiger charge is -2.13. The minimum atomic E-state index is 0.389. The topological polar surface area (TPSA) is 90.2 Å². The lowest BCUT2D eigenvalue weighted by atomic mass is 9.99. The van der Waals surface area contributed by atoms with Crippen molar-refractivity contribution in [2.24, 2.45) is 0 Å². The number of hydrogen-bond acceptors (Lipinski definition) is 7. The summed E-state index contributed by atoms with van der Waals surface area (Å²) in [5.74, 6) is 2.54. The van der Waals surface area contributed by atoms with Crippen molar-refractivity contribution in [2.75, 3.05) is 0 Å². The molecule has 3 aromatic heterocycles. The predicted molar refractivity (Wildman–Crippen MR) is 250 cm³/mol. The molecule has 7 heteroatoms. The zero-order valence-electron chi connectivity index (χ0n) is 33.3. The average Bonchev–Trinajstić information content (AvgIpc) is 3.37. The van der Waals surface area contributed by atoms with Crippen LogP contribution in [-0.2, 0) is 0 Å². The van der Waals surface area contributed by atoms with Gasteiger partial charge in [-0.1, -0.05) is 188 Å². The van der Waals surface area contributed by atoms with E-state index >= 15 is 0 Å². The fourth-order valence-corrected chi connectivity index (χ4v) is 7.87. The highest BCUT2D eigenvalue weighted by atomic mass is 15.1. The van der Waals surface area contributed by atoms with Gasteiger partial charge in [-0.25, -0.2) is 34.9 Å². The highest BCUT2D eigenvalue weighted by Gasteiger charge is 2.19. The van der Waals surface area contributed by atoms with Gasteiger partial charge in [-0.15, -0.1) is 0 Å². The molecule has 8 aromatic carbocycles. The number of fused-ring (bicyclic) bond motifs is 3. The van der Waals surface area contributed by atoms with E-state index in [1.807, 2.05) is 121 Å². The molecule has 0 amide bonds. The summed E-state index contributed by atoms with van der Waals surface area (Å²) in [5.41, 5.74) is 11.0. The molecule has 0 bridgehead atoms. The van der Waals surface area contributed by atoms with Crippen LogP contribution in [0.4, 0.5) is 0 Å². The maximum atomic E-state index is 5.21. The van der Waals surface area contributed by atoms with Gasteiger partial charge in [-0.05, 0) is 40.8 Å². The van der Waals surface area contributed by atoms with Crippen LogP contribution in [0.5, 0.6) is 0 Å². The second-order valence-corrected chi connectivity index (χ2v) is 15.0. The second kappa shape index (κ2) is 15.9. The molecule has 0 aliphatic rings. The Balaban J connectivity index is 1.04. The SMILES string of the molecule is c1ccc(-c2cc(-c3cccc(-c4cccc(-c5nc(-c6ccccc6)nc(-c6nc(-c7ccccc7)c7ccc8ccccc8c7n6)n5)c4)c3)nc(-c3ccccc3)n2)cc1. The first kappa shape index (κ1) is 36.5. The molecular weight excluding hydrogens is 759 g/mol. The van der Waals surface area contributed by atoms with Gasteiger partial charge in [0.2, 0.25) is 5.82 Å². The molecule has 62 heavy (non-hydrogen) atoms. The van der Waals surface area contributed by atoms with Gasteiger partial charge in [0.15, 0.2) is 23.3 Å². The van der Waals surface area contributed by atoms with Gasteiger partial charge in [-0.2, -0.15) is 0 Å². The average molecular weight is 794 g/mol. The van der Waals surface area contributed by atoms with Gasteiger partial charge >= 0.3 is 0 Å². The lowest BCUT2D eigenvalue weighted by Crippen LogP contribution is -2.04. The zero-order valence-corrected chi connectivity index (χ0v) is 33.3. The van der Waals surface area contributed by atoms with E-state index in [-0.39, 0.29) is 0 Å². The van der Waals surface area contributed by atoms with E-state index in [0.717, 1.165) is 83.3 Å². The fraction of sp³-hybridized carbons (Fsp3) is 0. The van der Waals surface area contributed by atoms with E-state index in [4.69, 9.17) is 34.9 Å². The molecule has 3 heterocycles. The number of nitrogens with zero attached hydrogens (tertiary/aromatic N) is 7. The van der Waals surface area contributed by atoms with Gasteiger partial charge < -0.3 is 0 Å². The molecule has 0 saturated carbocycles. The van der Waals surface area contributed by atoms with E-state index < -0.39 is 0 Å². The van der Waals surface area contributed by atoms with Crippen LogP contribution in [0.3, 0.4) is 0 Å². The number of benzene rings is 8. The number of aromatic nitrogens is 7. The summed E-state index contributed by atoms with van der Waals surface area (Å²) < 4.78 is 0. The van der Waals surface area contributed by atoms with Crippen LogP contribution in [0.2, 0.25) is 0 Å². The van der Waals surface area contributed by atoms with Crippen molar-refractivity contribution < 1.29 is 0 Å². The summed E-state index contributed by atoms with van der Waals surface area (Å²) in [6.45, 7) is 0. The zero-order chi connectivity index (χ0) is 41.2. The Hall–Kier alpha value is -8.55. The first-order valence-corrected chi connectivity index (χ1v) is 20.5. The van der Waals surface area contributed by atoms with E-state index in [2.05, 4.69) is 91.0 Å². The molecule has 0 radical (unpaired) electrons. The number of rotatable bonds is 8. The van der Waals surface area contributed by atoms with E-state index in [1.165, 1.54) is 0 Å². The smallest absolute Gasteiger partial charge is 0.201 e. The molecule has 7 nitrogen and oxygen atoms in total. The second-order valence-electron chi connectivity index (χ2n) is 15.0. The molecular formula is C55H35N7. The minimum Gasteiger partial charge on any atom is -0.228 e. The quantitative estimate of drug-likeness (QED) is 0.141. The molecule has 290 valence electrons. The van der Waals surface area contributed by atoms with Crippen LogP contribution in [0, 0.1) is 0 Å². The van der Waals surface area contributed by atoms with Crippen LogP contribution in [0.15, 0.2) is 212 Å². The maximum Gasteiger partial charge on any atom is 0.201 e. The summed E-state index contributed by atoms with van der Waals surface area (Å²) in [5, 5.41) is 3.09. The Morgan fingerprint density at radius 3 is 1.34 bits per heavy atom. The molecule has 0 N–H and O–H groups in total. The normalized spacial score (nSPS) is 11.2. The third-order valence-corrected chi connectivity index (χ3v) is 10.9. The van der Waals surface area contributed by atoms with Gasteiger partial charge in [0.1, 0.15) is 0 Å². The Bertz CT molecular complexity index is 3340. The Morgan fingerprint density at radius 2 is 0.677 bits per heavy atom. The van der Waals surface area contributed by atoms with Gasteiger partial charge in [0.05, 0.1) is 22.6 Å². The standard InChI is InChI=1S/C55H35N7/c1-5-18-37(19-6-1)47-35-48(57-51(56-47)39-22-9-3-10-23-39)43-28-15-26-41(33-43)42-27-16-29-44(34-42)53-60-52(40-24-11-4-12-25-40)61-55(62-53)54-58-49(38-20-7-2-8-21-38)46-32-31-36-17-13-14-30-45(36)50(46)59-54/h1-35H. The van der Waals surface area contributed by atoms with Crippen molar-refractivity contribution in [1.82, 2.24) is 34.9 Å². The Labute approximate surface area is 358 Å². The van der Waals surface area contributed by atoms with Crippen LogP contribution in [0.25, 0.3) is 112 Å². The van der Waals surface area contributed by atoms with Crippen LogP contribution in [-0.4, -0.2) is 34.9 Å². The lowest BCUT2D eigenvalue weighted by molar-refractivity contribution is 1.04. The largest absolute Gasteiger partial charge is 0.228 e. The highest BCUT2D eigenvalue weighted by molar-refractivity contribution is 6.09.